The number of methoxy groups -OCH3 is 3. The number of ether oxygens (including phenoxy) is 4. The van der Waals surface area contributed by atoms with Gasteiger partial charge < -0.3 is 18.9 Å². The molecule has 24 heavy (non-hydrogen) atoms. The Morgan fingerprint density at radius 1 is 0.917 bits per heavy atom. The van der Waals surface area contributed by atoms with Crippen molar-refractivity contribution in [1.29, 1.82) is 0 Å². The Morgan fingerprint density at radius 2 is 1.54 bits per heavy atom. The van der Waals surface area contributed by atoms with Gasteiger partial charge in [0, 0.05) is 0 Å². The number of aryl methyl sites for hydroxylation is 1. The lowest BCUT2D eigenvalue weighted by Crippen LogP contribution is -2.08. The van der Waals surface area contributed by atoms with Crippen LogP contribution in [0.3, 0.4) is 0 Å². The third-order valence-electron chi connectivity index (χ3n) is 3.59. The van der Waals surface area contributed by atoms with Crippen LogP contribution in [0.1, 0.15) is 22.3 Å². The first-order valence-corrected chi connectivity index (χ1v) is 7.70. The zero-order valence-electron chi connectivity index (χ0n) is 14.2. The second-order valence-corrected chi connectivity index (χ2v) is 5.14. The van der Waals surface area contributed by atoms with E-state index in [1.54, 1.807) is 12.1 Å². The predicted octanol–water partition coefficient (Wildman–Crippen LogP) is 3.50. The Hall–Kier alpha value is -2.69. The molecule has 0 aliphatic carbocycles. The lowest BCUT2D eigenvalue weighted by Gasteiger charge is -2.13. The summed E-state index contributed by atoms with van der Waals surface area (Å²) in [6.45, 7) is 0.352. The fourth-order valence-electron chi connectivity index (χ4n) is 2.37. The van der Waals surface area contributed by atoms with Crippen molar-refractivity contribution in [2.24, 2.45) is 0 Å². The van der Waals surface area contributed by atoms with Gasteiger partial charge in [0.25, 0.3) is 0 Å². The summed E-state index contributed by atoms with van der Waals surface area (Å²) in [5, 5.41) is 0. The van der Waals surface area contributed by atoms with Gasteiger partial charge in [0.2, 0.25) is 5.75 Å². The molecular weight excluding hydrogens is 308 g/mol. The highest BCUT2D eigenvalue weighted by atomic mass is 16.5. The summed E-state index contributed by atoms with van der Waals surface area (Å²) in [6, 6.07) is 13.3. The Morgan fingerprint density at radius 3 is 2.08 bits per heavy atom. The molecule has 0 aliphatic rings. The number of rotatable bonds is 8. The van der Waals surface area contributed by atoms with Crippen molar-refractivity contribution < 1.29 is 23.7 Å². The van der Waals surface area contributed by atoms with Crippen LogP contribution in [0.15, 0.2) is 42.5 Å². The minimum Gasteiger partial charge on any atom is -0.493 e. The average molecular weight is 330 g/mol. The molecule has 0 saturated heterocycles. The van der Waals surface area contributed by atoms with Crippen LogP contribution in [0.25, 0.3) is 0 Å². The third-order valence-corrected chi connectivity index (χ3v) is 3.59. The molecule has 2 aromatic rings. The number of hydrogen-bond acceptors (Lipinski definition) is 5. The first kappa shape index (κ1) is 17.7. The van der Waals surface area contributed by atoms with Gasteiger partial charge in [-0.05, 0) is 30.5 Å². The monoisotopic (exact) mass is 330 g/mol. The summed E-state index contributed by atoms with van der Waals surface area (Å²) in [5.74, 6) is 0.879. The van der Waals surface area contributed by atoms with E-state index in [0.29, 0.717) is 29.4 Å². The van der Waals surface area contributed by atoms with Gasteiger partial charge in [-0.1, -0.05) is 30.3 Å². The number of carbonyl (C=O) groups is 1. The van der Waals surface area contributed by atoms with Crippen LogP contribution in [0.4, 0.5) is 0 Å². The van der Waals surface area contributed by atoms with Gasteiger partial charge in [-0.3, -0.25) is 0 Å². The zero-order valence-corrected chi connectivity index (χ0v) is 14.2. The summed E-state index contributed by atoms with van der Waals surface area (Å²) in [4.78, 5) is 12.2. The van der Waals surface area contributed by atoms with E-state index < -0.39 is 5.97 Å². The fourth-order valence-corrected chi connectivity index (χ4v) is 2.37. The van der Waals surface area contributed by atoms with Crippen LogP contribution < -0.4 is 14.2 Å². The summed E-state index contributed by atoms with van der Waals surface area (Å²) in [5.41, 5.74) is 1.59. The molecule has 0 amide bonds. The minimum atomic E-state index is -0.415. The van der Waals surface area contributed by atoms with Crippen LogP contribution >= 0.6 is 0 Å². The molecular formula is C19H22O5. The molecule has 0 saturated carbocycles. The van der Waals surface area contributed by atoms with E-state index in [0.717, 1.165) is 12.8 Å². The van der Waals surface area contributed by atoms with Crippen LogP contribution in [0.5, 0.6) is 17.2 Å². The summed E-state index contributed by atoms with van der Waals surface area (Å²) < 4.78 is 21.1. The maximum atomic E-state index is 12.2. The topological polar surface area (TPSA) is 54.0 Å². The van der Waals surface area contributed by atoms with Gasteiger partial charge >= 0.3 is 5.97 Å². The number of hydrogen-bond donors (Lipinski definition) is 0. The van der Waals surface area contributed by atoms with Crippen molar-refractivity contribution in [3.8, 4) is 17.2 Å². The van der Waals surface area contributed by atoms with E-state index in [2.05, 4.69) is 12.1 Å². The number of benzene rings is 2. The molecule has 0 aromatic heterocycles. The van der Waals surface area contributed by atoms with Crippen LogP contribution in [-0.2, 0) is 11.2 Å². The van der Waals surface area contributed by atoms with E-state index in [-0.39, 0.29) is 0 Å². The highest BCUT2D eigenvalue weighted by Gasteiger charge is 2.17. The fraction of sp³-hybridized carbons (Fsp3) is 0.316. The lowest BCUT2D eigenvalue weighted by molar-refractivity contribution is 0.0499. The summed E-state index contributed by atoms with van der Waals surface area (Å²) >= 11 is 0. The molecule has 0 fully saturated rings. The normalized spacial score (nSPS) is 10.1. The molecule has 2 rings (SSSR count). The smallest absolute Gasteiger partial charge is 0.338 e. The van der Waals surface area contributed by atoms with Gasteiger partial charge in [-0.15, -0.1) is 0 Å². The van der Waals surface area contributed by atoms with Crippen molar-refractivity contribution in [3.05, 3.63) is 53.6 Å². The summed E-state index contributed by atoms with van der Waals surface area (Å²) in [6.07, 6.45) is 1.63. The number of esters is 1. The van der Waals surface area contributed by atoms with E-state index >= 15 is 0 Å². The highest BCUT2D eigenvalue weighted by molar-refractivity contribution is 5.91. The predicted molar refractivity (Wildman–Crippen MR) is 91.1 cm³/mol. The number of carbonyl (C=O) groups excluding carboxylic acids is 1. The Balaban J connectivity index is 1.96. The average Bonchev–Trinajstić information content (AvgIpc) is 2.64. The SMILES string of the molecule is COc1cc(C(=O)OCCCc2ccccc2)cc(OC)c1OC. The van der Waals surface area contributed by atoms with Crippen LogP contribution in [-0.4, -0.2) is 33.9 Å². The lowest BCUT2D eigenvalue weighted by atomic mass is 10.1. The van der Waals surface area contributed by atoms with Gasteiger partial charge in [0.1, 0.15) is 0 Å². The van der Waals surface area contributed by atoms with Crippen molar-refractivity contribution in [2.45, 2.75) is 12.8 Å². The molecule has 0 heterocycles. The Bertz CT molecular complexity index is 642. The second-order valence-electron chi connectivity index (χ2n) is 5.14. The molecule has 0 N–H and O–H groups in total. The molecule has 0 radical (unpaired) electrons. The summed E-state index contributed by atoms with van der Waals surface area (Å²) in [7, 11) is 4.53. The largest absolute Gasteiger partial charge is 0.493 e. The van der Waals surface area contributed by atoms with Crippen LogP contribution in [0, 0.1) is 0 Å². The van der Waals surface area contributed by atoms with E-state index in [1.807, 2.05) is 18.2 Å². The quantitative estimate of drug-likeness (QED) is 0.548. The second kappa shape index (κ2) is 8.82. The molecule has 0 bridgehead atoms. The maximum absolute atomic E-state index is 12.2. The first-order chi connectivity index (χ1) is 11.7. The van der Waals surface area contributed by atoms with Gasteiger partial charge in [0.05, 0.1) is 33.5 Å². The van der Waals surface area contributed by atoms with Gasteiger partial charge in [0.15, 0.2) is 11.5 Å². The standard InChI is InChI=1S/C19H22O5/c1-21-16-12-15(13-17(22-2)18(16)23-3)19(20)24-11-7-10-14-8-5-4-6-9-14/h4-6,8-9,12-13H,7,10-11H2,1-3H3. The molecule has 0 spiro atoms. The minimum absolute atomic E-state index is 0.352. The zero-order chi connectivity index (χ0) is 17.4. The van der Waals surface area contributed by atoms with E-state index in [9.17, 15) is 4.79 Å². The molecule has 0 aliphatic heterocycles. The van der Waals surface area contributed by atoms with E-state index in [4.69, 9.17) is 18.9 Å². The molecule has 5 nitrogen and oxygen atoms in total. The first-order valence-electron chi connectivity index (χ1n) is 7.70. The Labute approximate surface area is 142 Å². The van der Waals surface area contributed by atoms with Crippen LogP contribution in [0.2, 0.25) is 0 Å². The van der Waals surface area contributed by atoms with Crippen molar-refractivity contribution in [3.63, 3.8) is 0 Å². The molecule has 2 aromatic carbocycles. The molecule has 5 heteroatoms. The molecule has 0 unspecified atom stereocenters. The van der Waals surface area contributed by atoms with Crippen molar-refractivity contribution in [2.75, 3.05) is 27.9 Å². The van der Waals surface area contributed by atoms with Gasteiger partial charge in [-0.25, -0.2) is 4.79 Å². The molecule has 0 atom stereocenters. The Kier molecular flexibility index (Phi) is 6.49. The third kappa shape index (κ3) is 4.41. The van der Waals surface area contributed by atoms with Crippen molar-refractivity contribution >= 4 is 5.97 Å². The van der Waals surface area contributed by atoms with E-state index in [1.165, 1.54) is 26.9 Å². The van der Waals surface area contributed by atoms with Gasteiger partial charge in [-0.2, -0.15) is 0 Å². The molecule has 128 valence electrons. The van der Waals surface area contributed by atoms with Crippen molar-refractivity contribution in [1.82, 2.24) is 0 Å². The highest BCUT2D eigenvalue weighted by Crippen LogP contribution is 2.38. The maximum Gasteiger partial charge on any atom is 0.338 e.